The van der Waals surface area contributed by atoms with E-state index in [0.717, 1.165) is 0 Å². The largest absolute Gasteiger partial charge is 0.352 e. The molecule has 1 amide bonds. The predicted octanol–water partition coefficient (Wildman–Crippen LogP) is 1.53. The number of nitrogens with two attached hydrogens (primary N) is 1. The van der Waals surface area contributed by atoms with Crippen molar-refractivity contribution < 1.29 is 13.6 Å². The van der Waals surface area contributed by atoms with Crippen molar-refractivity contribution in [2.75, 3.05) is 6.54 Å². The smallest absolute Gasteiger partial charge is 0.224 e. The fourth-order valence-electron chi connectivity index (χ4n) is 1.97. The van der Waals surface area contributed by atoms with Crippen LogP contribution in [0.3, 0.4) is 0 Å². The third-order valence-electron chi connectivity index (χ3n) is 3.29. The summed E-state index contributed by atoms with van der Waals surface area (Å²) >= 11 is 0. The highest BCUT2D eigenvalue weighted by molar-refractivity contribution is 5.79. The highest BCUT2D eigenvalue weighted by Gasteiger charge is 2.43. The average molecular weight is 254 g/mol. The van der Waals surface area contributed by atoms with Crippen LogP contribution >= 0.6 is 0 Å². The first kappa shape index (κ1) is 13.0. The molecule has 1 aromatic rings. The Balaban J connectivity index is 2.01. The summed E-state index contributed by atoms with van der Waals surface area (Å²) in [5.41, 5.74) is 5.45. The zero-order valence-corrected chi connectivity index (χ0v) is 10.1. The summed E-state index contributed by atoms with van der Waals surface area (Å²) < 4.78 is 27.0. The van der Waals surface area contributed by atoms with E-state index in [0.29, 0.717) is 6.42 Å². The van der Waals surface area contributed by atoms with Crippen LogP contribution < -0.4 is 11.1 Å². The highest BCUT2D eigenvalue weighted by atomic mass is 19.1. The van der Waals surface area contributed by atoms with Gasteiger partial charge in [0.1, 0.15) is 11.6 Å². The second kappa shape index (κ2) is 5.02. The molecule has 18 heavy (non-hydrogen) atoms. The number of hydrogen-bond donors (Lipinski definition) is 2. The number of halogens is 2. The van der Waals surface area contributed by atoms with Gasteiger partial charge in [-0.25, -0.2) is 8.78 Å². The normalized spacial score (nSPS) is 23.6. The number of carbonyl (C=O) groups excluding carboxylic acids is 1. The molecule has 98 valence electrons. The zero-order chi connectivity index (χ0) is 13.3. The molecular formula is C13H16F2N2O. The average Bonchev–Trinajstić information content (AvgIpc) is 3.06. The molecule has 1 aliphatic carbocycles. The number of amides is 1. The molecule has 3 N–H and O–H groups in total. The van der Waals surface area contributed by atoms with Crippen LogP contribution in [-0.2, 0) is 4.79 Å². The molecule has 0 radical (unpaired) electrons. The molecule has 0 bridgehead atoms. The minimum absolute atomic E-state index is 0.0724. The molecule has 0 aliphatic heterocycles. The summed E-state index contributed by atoms with van der Waals surface area (Å²) in [6.07, 6.45) is 0.570. The van der Waals surface area contributed by atoms with Crippen LogP contribution in [0.5, 0.6) is 0 Å². The lowest BCUT2D eigenvalue weighted by atomic mass is 10.1. The molecule has 1 aromatic carbocycles. The van der Waals surface area contributed by atoms with Crippen molar-refractivity contribution in [3.05, 3.63) is 35.4 Å². The SMILES string of the molecule is CC(CN)C(=O)NC1CC1c1c(F)cccc1F. The van der Waals surface area contributed by atoms with Gasteiger partial charge in [-0.3, -0.25) is 4.79 Å². The van der Waals surface area contributed by atoms with E-state index in [1.165, 1.54) is 18.2 Å². The topological polar surface area (TPSA) is 55.1 Å². The minimum atomic E-state index is -0.552. The first-order chi connectivity index (χ1) is 8.54. The third kappa shape index (κ3) is 2.51. The maximum Gasteiger partial charge on any atom is 0.224 e. The predicted molar refractivity (Wildman–Crippen MR) is 63.9 cm³/mol. The number of hydrogen-bond acceptors (Lipinski definition) is 2. The van der Waals surface area contributed by atoms with Gasteiger partial charge in [0.05, 0.1) is 0 Å². The van der Waals surface area contributed by atoms with Gasteiger partial charge in [0.2, 0.25) is 5.91 Å². The molecule has 1 fully saturated rings. The minimum Gasteiger partial charge on any atom is -0.352 e. The summed E-state index contributed by atoms with van der Waals surface area (Å²) in [5, 5.41) is 2.76. The van der Waals surface area contributed by atoms with Crippen LogP contribution in [0.1, 0.15) is 24.8 Å². The quantitative estimate of drug-likeness (QED) is 0.856. The lowest BCUT2D eigenvalue weighted by Gasteiger charge is -2.10. The van der Waals surface area contributed by atoms with Crippen molar-refractivity contribution in [1.29, 1.82) is 0 Å². The first-order valence-corrected chi connectivity index (χ1v) is 5.99. The Morgan fingerprint density at radius 2 is 2.11 bits per heavy atom. The van der Waals surface area contributed by atoms with Gasteiger partial charge in [0.15, 0.2) is 0 Å². The number of benzene rings is 1. The van der Waals surface area contributed by atoms with Crippen molar-refractivity contribution in [3.8, 4) is 0 Å². The maximum atomic E-state index is 13.5. The molecule has 3 nitrogen and oxygen atoms in total. The van der Waals surface area contributed by atoms with Gasteiger partial charge in [-0.2, -0.15) is 0 Å². The van der Waals surface area contributed by atoms with Gasteiger partial charge in [-0.15, -0.1) is 0 Å². The van der Waals surface area contributed by atoms with Crippen LogP contribution in [0.15, 0.2) is 18.2 Å². The molecule has 2 rings (SSSR count). The Morgan fingerprint density at radius 3 is 2.67 bits per heavy atom. The summed E-state index contributed by atoms with van der Waals surface area (Å²) in [5.74, 6) is -1.81. The molecular weight excluding hydrogens is 238 g/mol. The van der Waals surface area contributed by atoms with Gasteiger partial charge in [0.25, 0.3) is 0 Å². The Morgan fingerprint density at radius 1 is 1.50 bits per heavy atom. The zero-order valence-electron chi connectivity index (χ0n) is 10.1. The van der Waals surface area contributed by atoms with E-state index in [2.05, 4.69) is 5.32 Å². The number of nitrogens with one attached hydrogen (secondary N) is 1. The van der Waals surface area contributed by atoms with Crippen molar-refractivity contribution in [3.63, 3.8) is 0 Å². The summed E-state index contributed by atoms with van der Waals surface area (Å²) in [7, 11) is 0. The Labute approximate surface area is 104 Å². The van der Waals surface area contributed by atoms with Crippen molar-refractivity contribution in [2.24, 2.45) is 11.7 Å². The van der Waals surface area contributed by atoms with Crippen LogP contribution in [-0.4, -0.2) is 18.5 Å². The molecule has 0 heterocycles. The van der Waals surface area contributed by atoms with Gasteiger partial charge in [-0.05, 0) is 18.6 Å². The van der Waals surface area contributed by atoms with E-state index in [1.807, 2.05) is 0 Å². The number of rotatable bonds is 4. The third-order valence-corrected chi connectivity index (χ3v) is 3.29. The van der Waals surface area contributed by atoms with Gasteiger partial charge in [-0.1, -0.05) is 13.0 Å². The van der Waals surface area contributed by atoms with Gasteiger partial charge >= 0.3 is 0 Å². The lowest BCUT2D eigenvalue weighted by molar-refractivity contribution is -0.124. The van der Waals surface area contributed by atoms with E-state index < -0.39 is 11.6 Å². The van der Waals surface area contributed by atoms with E-state index >= 15 is 0 Å². The maximum absolute atomic E-state index is 13.5. The fraction of sp³-hybridized carbons (Fsp3) is 0.462. The standard InChI is InChI=1S/C13H16F2N2O/c1-7(6-16)13(18)17-11-5-8(11)12-9(14)3-2-4-10(12)15/h2-4,7-8,11H,5-6,16H2,1H3,(H,17,18). The van der Waals surface area contributed by atoms with Crippen molar-refractivity contribution in [1.82, 2.24) is 5.32 Å². The van der Waals surface area contributed by atoms with Gasteiger partial charge in [0, 0.05) is 30.0 Å². The summed E-state index contributed by atoms with van der Waals surface area (Å²) in [6, 6.07) is 3.62. The molecule has 0 spiro atoms. The van der Waals surface area contributed by atoms with E-state index in [-0.39, 0.29) is 35.9 Å². The van der Waals surface area contributed by atoms with Crippen molar-refractivity contribution >= 4 is 5.91 Å². The van der Waals surface area contributed by atoms with Crippen LogP contribution in [0.25, 0.3) is 0 Å². The van der Waals surface area contributed by atoms with Crippen LogP contribution in [0, 0.1) is 17.6 Å². The highest BCUT2D eigenvalue weighted by Crippen LogP contribution is 2.43. The second-order valence-corrected chi connectivity index (χ2v) is 4.73. The Kier molecular flexibility index (Phi) is 3.61. The summed E-state index contributed by atoms with van der Waals surface area (Å²) in [4.78, 5) is 11.6. The number of carbonyl (C=O) groups is 1. The van der Waals surface area contributed by atoms with Crippen molar-refractivity contribution in [2.45, 2.75) is 25.3 Å². The molecule has 5 heteroatoms. The molecule has 1 saturated carbocycles. The molecule has 1 aliphatic rings. The molecule has 3 atom stereocenters. The van der Waals surface area contributed by atoms with E-state index in [4.69, 9.17) is 5.73 Å². The van der Waals surface area contributed by atoms with Crippen LogP contribution in [0.2, 0.25) is 0 Å². The Bertz CT molecular complexity index is 444. The molecule has 3 unspecified atom stereocenters. The second-order valence-electron chi connectivity index (χ2n) is 4.73. The van der Waals surface area contributed by atoms with Gasteiger partial charge < -0.3 is 11.1 Å². The monoisotopic (exact) mass is 254 g/mol. The Hall–Kier alpha value is -1.49. The summed E-state index contributed by atoms with van der Waals surface area (Å²) in [6.45, 7) is 1.98. The lowest BCUT2D eigenvalue weighted by Crippen LogP contribution is -2.35. The fourth-order valence-corrected chi connectivity index (χ4v) is 1.97. The van der Waals surface area contributed by atoms with E-state index in [1.54, 1.807) is 6.92 Å². The van der Waals surface area contributed by atoms with Crippen LogP contribution in [0.4, 0.5) is 8.78 Å². The first-order valence-electron chi connectivity index (χ1n) is 5.99. The molecule has 0 aromatic heterocycles. The van der Waals surface area contributed by atoms with E-state index in [9.17, 15) is 13.6 Å². The molecule has 0 saturated heterocycles.